The van der Waals surface area contributed by atoms with Gasteiger partial charge < -0.3 is 14.6 Å². The predicted octanol–water partition coefficient (Wildman–Crippen LogP) is 5.61. The molecule has 0 bridgehead atoms. The summed E-state index contributed by atoms with van der Waals surface area (Å²) in [7, 11) is 0. The summed E-state index contributed by atoms with van der Waals surface area (Å²) in [5.74, 6) is 1.74. The molecule has 4 rings (SSSR count). The molecule has 1 aliphatic rings. The van der Waals surface area contributed by atoms with Gasteiger partial charge in [0.15, 0.2) is 5.58 Å². The Labute approximate surface area is 140 Å². The van der Waals surface area contributed by atoms with Crippen molar-refractivity contribution in [2.75, 3.05) is 6.54 Å². The Balaban J connectivity index is 2.15. The van der Waals surface area contributed by atoms with Crippen LogP contribution in [0.15, 0.2) is 21.0 Å². The van der Waals surface area contributed by atoms with Gasteiger partial charge in [0.25, 0.3) is 0 Å². The maximum atomic E-state index is 6.62. The number of halogens is 1. The number of fused-ring (bicyclic) bond motifs is 2. The minimum atomic E-state index is -0.0417. The van der Waals surface area contributed by atoms with E-state index in [1.807, 2.05) is 19.9 Å². The Morgan fingerprint density at radius 3 is 2.26 bits per heavy atom. The van der Waals surface area contributed by atoms with Crippen LogP contribution in [-0.2, 0) is 5.41 Å². The van der Waals surface area contributed by atoms with E-state index in [2.05, 4.69) is 6.07 Å². The number of nitrogens with two attached hydrogens (primary N) is 1. The second-order valence-corrected chi connectivity index (χ2v) is 7.31. The van der Waals surface area contributed by atoms with Crippen molar-refractivity contribution in [3.8, 4) is 0 Å². The molecule has 0 atom stereocenters. The second-order valence-electron chi connectivity index (χ2n) is 6.93. The molecule has 4 heteroatoms. The van der Waals surface area contributed by atoms with Crippen LogP contribution in [0.5, 0.6) is 0 Å². The van der Waals surface area contributed by atoms with Gasteiger partial charge in [0.2, 0.25) is 0 Å². The SMILES string of the molecule is Cc1cc2c(C3(CN)CCCCC3)c3oc(C)cc3c(Cl)c2o1. The third-order valence-corrected chi connectivity index (χ3v) is 5.75. The first-order chi connectivity index (χ1) is 11.1. The van der Waals surface area contributed by atoms with Crippen molar-refractivity contribution < 1.29 is 8.83 Å². The minimum absolute atomic E-state index is 0.0417. The molecular formula is C19H22ClNO2. The van der Waals surface area contributed by atoms with E-state index in [1.165, 1.54) is 24.8 Å². The first-order valence-corrected chi connectivity index (χ1v) is 8.76. The lowest BCUT2D eigenvalue weighted by Gasteiger charge is -2.37. The molecule has 2 aromatic heterocycles. The third-order valence-electron chi connectivity index (χ3n) is 5.37. The van der Waals surface area contributed by atoms with Crippen molar-refractivity contribution in [1.29, 1.82) is 0 Å². The molecule has 23 heavy (non-hydrogen) atoms. The summed E-state index contributed by atoms with van der Waals surface area (Å²) in [5, 5.41) is 2.66. The van der Waals surface area contributed by atoms with Crippen LogP contribution in [0.3, 0.4) is 0 Å². The molecule has 3 nitrogen and oxygen atoms in total. The fourth-order valence-electron chi connectivity index (χ4n) is 4.28. The number of rotatable bonds is 2. The fourth-order valence-corrected chi connectivity index (χ4v) is 4.56. The second kappa shape index (κ2) is 5.29. The quantitative estimate of drug-likeness (QED) is 0.664. The van der Waals surface area contributed by atoms with Crippen molar-refractivity contribution in [2.45, 2.75) is 51.4 Å². The lowest BCUT2D eigenvalue weighted by atomic mass is 9.68. The molecule has 0 amide bonds. The number of hydrogen-bond acceptors (Lipinski definition) is 3. The highest BCUT2D eigenvalue weighted by atomic mass is 35.5. The third kappa shape index (κ3) is 2.14. The molecule has 0 radical (unpaired) electrons. The number of benzene rings is 1. The van der Waals surface area contributed by atoms with Gasteiger partial charge in [-0.3, -0.25) is 0 Å². The van der Waals surface area contributed by atoms with E-state index >= 15 is 0 Å². The summed E-state index contributed by atoms with van der Waals surface area (Å²) in [6, 6.07) is 4.09. The molecule has 1 fully saturated rings. The summed E-state index contributed by atoms with van der Waals surface area (Å²) in [6.07, 6.45) is 5.89. The van der Waals surface area contributed by atoms with Gasteiger partial charge >= 0.3 is 0 Å². The Hall–Kier alpha value is -1.45. The number of aryl methyl sites for hydroxylation is 2. The molecule has 1 saturated carbocycles. The molecule has 3 aromatic rings. The summed E-state index contributed by atoms with van der Waals surface area (Å²) < 4.78 is 12.0. The lowest BCUT2D eigenvalue weighted by molar-refractivity contribution is 0.302. The Bertz CT molecular complexity index is 826. The molecule has 0 spiro atoms. The van der Waals surface area contributed by atoms with E-state index in [9.17, 15) is 0 Å². The van der Waals surface area contributed by atoms with Gasteiger partial charge in [0.1, 0.15) is 17.1 Å². The normalized spacial score (nSPS) is 18.1. The standard InChI is InChI=1S/C19H22ClNO2/c1-11-8-13-15(19(10-21)6-4-3-5-7-19)17-14(9-12(2)22-17)16(20)18(13)23-11/h8-9H,3-7,10,21H2,1-2H3. The van der Waals surface area contributed by atoms with E-state index in [0.29, 0.717) is 11.6 Å². The summed E-state index contributed by atoms with van der Waals surface area (Å²) in [5.41, 5.74) is 9.13. The van der Waals surface area contributed by atoms with Crippen LogP contribution in [0.4, 0.5) is 0 Å². The van der Waals surface area contributed by atoms with Crippen LogP contribution >= 0.6 is 11.6 Å². The van der Waals surface area contributed by atoms with Gasteiger partial charge in [-0.1, -0.05) is 30.9 Å². The van der Waals surface area contributed by atoms with Crippen molar-refractivity contribution in [1.82, 2.24) is 0 Å². The molecule has 2 heterocycles. The van der Waals surface area contributed by atoms with Crippen LogP contribution in [0.2, 0.25) is 5.02 Å². The predicted molar refractivity (Wildman–Crippen MR) is 94.3 cm³/mol. The zero-order valence-electron chi connectivity index (χ0n) is 13.7. The van der Waals surface area contributed by atoms with Gasteiger partial charge in [-0.25, -0.2) is 0 Å². The Kier molecular flexibility index (Phi) is 3.47. The molecule has 1 aliphatic carbocycles. The molecule has 122 valence electrons. The largest absolute Gasteiger partial charge is 0.461 e. The van der Waals surface area contributed by atoms with Crippen molar-refractivity contribution >= 4 is 33.5 Å². The lowest BCUT2D eigenvalue weighted by Crippen LogP contribution is -2.37. The van der Waals surface area contributed by atoms with Crippen LogP contribution in [0.25, 0.3) is 21.9 Å². The Morgan fingerprint density at radius 1 is 1.00 bits per heavy atom. The monoisotopic (exact) mass is 331 g/mol. The topological polar surface area (TPSA) is 52.3 Å². The highest BCUT2D eigenvalue weighted by Crippen LogP contribution is 2.48. The van der Waals surface area contributed by atoms with Gasteiger partial charge in [0, 0.05) is 28.3 Å². The summed E-state index contributed by atoms with van der Waals surface area (Å²) >= 11 is 6.62. The van der Waals surface area contributed by atoms with Crippen LogP contribution in [0, 0.1) is 13.8 Å². The van der Waals surface area contributed by atoms with E-state index in [4.69, 9.17) is 26.2 Å². The zero-order valence-corrected chi connectivity index (χ0v) is 14.4. The van der Waals surface area contributed by atoms with E-state index in [0.717, 1.165) is 46.3 Å². The molecule has 0 saturated heterocycles. The van der Waals surface area contributed by atoms with Crippen LogP contribution in [0.1, 0.15) is 49.2 Å². The molecule has 0 unspecified atom stereocenters. The van der Waals surface area contributed by atoms with Crippen molar-refractivity contribution in [3.05, 3.63) is 34.2 Å². The van der Waals surface area contributed by atoms with Gasteiger partial charge in [0.05, 0.1) is 5.02 Å². The maximum Gasteiger partial charge on any atom is 0.154 e. The average molecular weight is 332 g/mol. The molecule has 2 N–H and O–H groups in total. The zero-order chi connectivity index (χ0) is 16.2. The summed E-state index contributed by atoms with van der Waals surface area (Å²) in [6.45, 7) is 4.55. The van der Waals surface area contributed by atoms with E-state index in [1.54, 1.807) is 0 Å². The van der Waals surface area contributed by atoms with Crippen LogP contribution < -0.4 is 5.73 Å². The first kappa shape index (κ1) is 15.1. The van der Waals surface area contributed by atoms with Crippen molar-refractivity contribution in [3.63, 3.8) is 0 Å². The van der Waals surface area contributed by atoms with Gasteiger partial charge in [-0.05, 0) is 38.8 Å². The minimum Gasteiger partial charge on any atom is -0.461 e. The van der Waals surface area contributed by atoms with E-state index in [-0.39, 0.29) is 5.41 Å². The average Bonchev–Trinajstić information content (AvgIpc) is 3.11. The van der Waals surface area contributed by atoms with Crippen LogP contribution in [-0.4, -0.2) is 6.54 Å². The van der Waals surface area contributed by atoms with Gasteiger partial charge in [-0.15, -0.1) is 0 Å². The molecule has 0 aliphatic heterocycles. The Morgan fingerprint density at radius 2 is 1.61 bits per heavy atom. The molecular weight excluding hydrogens is 310 g/mol. The highest BCUT2D eigenvalue weighted by molar-refractivity contribution is 6.40. The fraction of sp³-hybridized carbons (Fsp3) is 0.474. The van der Waals surface area contributed by atoms with Gasteiger partial charge in [-0.2, -0.15) is 0 Å². The number of furan rings is 2. The smallest absolute Gasteiger partial charge is 0.154 e. The summed E-state index contributed by atoms with van der Waals surface area (Å²) in [4.78, 5) is 0. The first-order valence-electron chi connectivity index (χ1n) is 8.38. The number of hydrogen-bond donors (Lipinski definition) is 1. The van der Waals surface area contributed by atoms with E-state index < -0.39 is 0 Å². The van der Waals surface area contributed by atoms with Crippen molar-refractivity contribution in [2.24, 2.45) is 5.73 Å². The highest BCUT2D eigenvalue weighted by Gasteiger charge is 2.38. The maximum absolute atomic E-state index is 6.62. The molecule has 1 aromatic carbocycles.